The predicted octanol–water partition coefficient (Wildman–Crippen LogP) is 3.83. The van der Waals surface area contributed by atoms with Gasteiger partial charge in [0.2, 0.25) is 5.89 Å². The van der Waals surface area contributed by atoms with E-state index in [2.05, 4.69) is 10.3 Å². The van der Waals surface area contributed by atoms with E-state index in [9.17, 15) is 14.0 Å². The van der Waals surface area contributed by atoms with Gasteiger partial charge in [-0.1, -0.05) is 25.4 Å². The predicted molar refractivity (Wildman–Crippen MR) is 98.1 cm³/mol. The molecule has 0 bridgehead atoms. The highest BCUT2D eigenvalue weighted by molar-refractivity contribution is 6.30. The lowest BCUT2D eigenvalue weighted by molar-refractivity contribution is 0.0786. The van der Waals surface area contributed by atoms with E-state index >= 15 is 0 Å². The molecule has 3 rings (SSSR count). The van der Waals surface area contributed by atoms with E-state index in [0.29, 0.717) is 13.1 Å². The van der Waals surface area contributed by atoms with Crippen LogP contribution in [0.15, 0.2) is 28.9 Å². The van der Waals surface area contributed by atoms with Gasteiger partial charge in [-0.05, 0) is 37.0 Å². The monoisotopic (exact) mass is 393 g/mol. The van der Waals surface area contributed by atoms with Crippen molar-refractivity contribution in [1.29, 1.82) is 0 Å². The lowest BCUT2D eigenvalue weighted by atomic mass is 10.0. The van der Waals surface area contributed by atoms with Crippen LogP contribution >= 0.6 is 11.6 Å². The smallest absolute Gasteiger partial charge is 0.275 e. The van der Waals surface area contributed by atoms with E-state index in [0.717, 1.165) is 18.9 Å². The van der Waals surface area contributed by atoms with E-state index in [-0.39, 0.29) is 34.0 Å². The number of aromatic nitrogens is 1. The molecule has 1 aromatic carbocycles. The molecule has 0 spiro atoms. The molecule has 1 atom stereocenters. The van der Waals surface area contributed by atoms with Crippen LogP contribution in [-0.2, 0) is 0 Å². The molecule has 2 aromatic rings. The van der Waals surface area contributed by atoms with Crippen molar-refractivity contribution in [2.75, 3.05) is 13.1 Å². The third-order valence-electron chi connectivity index (χ3n) is 4.53. The number of nitrogens with zero attached hydrogens (tertiary/aromatic N) is 2. The molecule has 2 amide bonds. The van der Waals surface area contributed by atoms with Crippen LogP contribution in [0, 0.1) is 11.7 Å². The number of oxazole rings is 1. The van der Waals surface area contributed by atoms with Crippen molar-refractivity contribution in [2.24, 2.45) is 5.92 Å². The van der Waals surface area contributed by atoms with Crippen molar-refractivity contribution in [3.63, 3.8) is 0 Å². The summed E-state index contributed by atoms with van der Waals surface area (Å²) in [5, 5.41) is 2.94. The first kappa shape index (κ1) is 19.4. The molecule has 0 radical (unpaired) electrons. The van der Waals surface area contributed by atoms with Crippen LogP contribution in [0.5, 0.6) is 0 Å². The number of benzene rings is 1. The number of carbonyl (C=O) groups is 2. The quantitative estimate of drug-likeness (QED) is 0.837. The van der Waals surface area contributed by atoms with Crippen molar-refractivity contribution in [3.8, 4) is 0 Å². The van der Waals surface area contributed by atoms with E-state index in [1.54, 1.807) is 4.90 Å². The summed E-state index contributed by atoms with van der Waals surface area (Å²) < 4.78 is 19.5. The summed E-state index contributed by atoms with van der Waals surface area (Å²) in [6.07, 6.45) is 3.27. The third kappa shape index (κ3) is 4.30. The summed E-state index contributed by atoms with van der Waals surface area (Å²) in [5.41, 5.74) is 0.0921. The lowest BCUT2D eigenvalue weighted by Gasteiger charge is -2.19. The zero-order chi connectivity index (χ0) is 19.6. The Hall–Kier alpha value is -2.41. The molecule has 0 saturated carbocycles. The Balaban J connectivity index is 1.77. The maximum absolute atomic E-state index is 14.0. The van der Waals surface area contributed by atoms with Crippen molar-refractivity contribution >= 4 is 23.4 Å². The number of halogens is 2. The summed E-state index contributed by atoms with van der Waals surface area (Å²) in [6, 6.07) is 3.25. The van der Waals surface area contributed by atoms with E-state index < -0.39 is 17.8 Å². The van der Waals surface area contributed by atoms with Gasteiger partial charge in [-0.3, -0.25) is 9.59 Å². The zero-order valence-corrected chi connectivity index (χ0v) is 15.9. The molecule has 6 nitrogen and oxygen atoms in total. The molecule has 1 aliphatic heterocycles. The molecule has 2 heterocycles. The minimum Gasteiger partial charge on any atom is -0.446 e. The Morgan fingerprint density at radius 1 is 1.30 bits per heavy atom. The van der Waals surface area contributed by atoms with Crippen molar-refractivity contribution in [2.45, 2.75) is 32.7 Å². The summed E-state index contributed by atoms with van der Waals surface area (Å²) in [6.45, 7) is 5.16. The first-order chi connectivity index (χ1) is 12.9. The molecule has 8 heteroatoms. The molecule has 0 aliphatic carbocycles. The Morgan fingerprint density at radius 2 is 2.00 bits per heavy atom. The molecular formula is C19H21ClFN3O3. The van der Waals surface area contributed by atoms with Crippen LogP contribution in [0.2, 0.25) is 5.02 Å². The molecule has 1 aromatic heterocycles. The average molecular weight is 394 g/mol. The second-order valence-corrected chi connectivity index (χ2v) is 7.33. The number of rotatable bonds is 5. The Bertz CT molecular complexity index is 846. The Labute approximate surface area is 161 Å². The first-order valence-electron chi connectivity index (χ1n) is 8.87. The van der Waals surface area contributed by atoms with E-state index in [4.69, 9.17) is 16.0 Å². The van der Waals surface area contributed by atoms with Crippen molar-refractivity contribution in [1.82, 2.24) is 15.2 Å². The van der Waals surface area contributed by atoms with E-state index in [1.165, 1.54) is 18.4 Å². The van der Waals surface area contributed by atoms with Crippen LogP contribution in [0.4, 0.5) is 4.39 Å². The lowest BCUT2D eigenvalue weighted by Crippen LogP contribution is -2.33. The van der Waals surface area contributed by atoms with Gasteiger partial charge in [-0.15, -0.1) is 0 Å². The Morgan fingerprint density at radius 3 is 2.63 bits per heavy atom. The normalized spacial score (nSPS) is 15.2. The molecule has 1 aliphatic rings. The fraction of sp³-hybridized carbons (Fsp3) is 0.421. The topological polar surface area (TPSA) is 75.4 Å². The molecule has 1 fully saturated rings. The first-order valence-corrected chi connectivity index (χ1v) is 9.25. The summed E-state index contributed by atoms with van der Waals surface area (Å²) in [4.78, 5) is 30.9. The molecule has 0 unspecified atom stereocenters. The van der Waals surface area contributed by atoms with Crippen LogP contribution in [0.1, 0.15) is 59.5 Å². The Kier molecular flexibility index (Phi) is 5.79. The van der Waals surface area contributed by atoms with Crippen LogP contribution in [0.3, 0.4) is 0 Å². The summed E-state index contributed by atoms with van der Waals surface area (Å²) in [7, 11) is 0. The molecule has 27 heavy (non-hydrogen) atoms. The van der Waals surface area contributed by atoms with Gasteiger partial charge in [-0.25, -0.2) is 9.37 Å². The van der Waals surface area contributed by atoms with Gasteiger partial charge in [0.25, 0.3) is 11.8 Å². The highest BCUT2D eigenvalue weighted by atomic mass is 35.5. The second kappa shape index (κ2) is 8.08. The van der Waals surface area contributed by atoms with Gasteiger partial charge in [0.15, 0.2) is 5.69 Å². The zero-order valence-electron chi connectivity index (χ0n) is 15.2. The largest absolute Gasteiger partial charge is 0.446 e. The summed E-state index contributed by atoms with van der Waals surface area (Å²) >= 11 is 5.73. The van der Waals surface area contributed by atoms with Gasteiger partial charge in [0.05, 0.1) is 5.56 Å². The third-order valence-corrected chi connectivity index (χ3v) is 4.76. The molecular weight excluding hydrogens is 373 g/mol. The number of carbonyl (C=O) groups excluding carboxylic acids is 2. The number of amides is 2. The number of likely N-dealkylation sites (tertiary alicyclic amines) is 1. The van der Waals surface area contributed by atoms with Crippen molar-refractivity contribution in [3.05, 3.63) is 52.5 Å². The minimum absolute atomic E-state index is 0.0855. The molecule has 1 saturated heterocycles. The fourth-order valence-corrected chi connectivity index (χ4v) is 3.18. The standard InChI is InChI=1S/C19H21ClFN3O3/c1-11(2)16(23-17(25)13-6-5-12(20)9-14(13)21)18-22-15(10-27-18)19(26)24-7-3-4-8-24/h5-6,9-11,16H,3-4,7-8H2,1-2H3,(H,23,25)/t16-/m1/s1. The number of hydrogen-bond donors (Lipinski definition) is 1. The molecule has 144 valence electrons. The highest BCUT2D eigenvalue weighted by Gasteiger charge is 2.28. The number of nitrogens with one attached hydrogen (secondary N) is 1. The van der Waals surface area contributed by atoms with Crippen molar-refractivity contribution < 1.29 is 18.4 Å². The maximum Gasteiger partial charge on any atom is 0.275 e. The van der Waals surface area contributed by atoms with Crippen LogP contribution in [-0.4, -0.2) is 34.8 Å². The molecule has 1 N–H and O–H groups in total. The average Bonchev–Trinajstić information content (AvgIpc) is 3.30. The van der Waals surface area contributed by atoms with Gasteiger partial charge in [-0.2, -0.15) is 0 Å². The fourth-order valence-electron chi connectivity index (χ4n) is 3.02. The van der Waals surface area contributed by atoms with Gasteiger partial charge < -0.3 is 14.6 Å². The highest BCUT2D eigenvalue weighted by Crippen LogP contribution is 2.24. The van der Waals surface area contributed by atoms with Gasteiger partial charge >= 0.3 is 0 Å². The second-order valence-electron chi connectivity index (χ2n) is 6.89. The van der Waals surface area contributed by atoms with Gasteiger partial charge in [0.1, 0.15) is 18.1 Å². The van der Waals surface area contributed by atoms with E-state index in [1.807, 2.05) is 13.8 Å². The maximum atomic E-state index is 14.0. The van der Waals surface area contributed by atoms with Crippen LogP contribution < -0.4 is 5.32 Å². The van der Waals surface area contributed by atoms with Gasteiger partial charge in [0, 0.05) is 18.1 Å². The minimum atomic E-state index is -0.709. The SMILES string of the molecule is CC(C)[C@@H](NC(=O)c1ccc(Cl)cc1F)c1nc(C(=O)N2CCCC2)co1. The summed E-state index contributed by atoms with van der Waals surface area (Å²) in [5.74, 6) is -1.36. The van der Waals surface area contributed by atoms with Crippen LogP contribution in [0.25, 0.3) is 0 Å². The number of hydrogen-bond acceptors (Lipinski definition) is 4.